The summed E-state index contributed by atoms with van der Waals surface area (Å²) >= 11 is 0. The van der Waals surface area contributed by atoms with Gasteiger partial charge in [-0.15, -0.1) is 0 Å². The zero-order chi connectivity index (χ0) is 22.1. The van der Waals surface area contributed by atoms with E-state index in [4.69, 9.17) is 4.74 Å². The lowest BCUT2D eigenvalue weighted by Crippen LogP contribution is -2.30. The lowest BCUT2D eigenvalue weighted by Gasteiger charge is -2.15. The fraction of sp³-hybridized carbons (Fsp3) is 0.231. The highest BCUT2D eigenvalue weighted by Gasteiger charge is 2.15. The Balaban J connectivity index is 1.51. The summed E-state index contributed by atoms with van der Waals surface area (Å²) in [5.74, 6) is 0.325. The quantitative estimate of drug-likeness (QED) is 0.502. The van der Waals surface area contributed by atoms with Gasteiger partial charge in [-0.25, -0.2) is 0 Å². The number of carbonyl (C=O) groups excluding carboxylic acids is 2. The Hall–Kier alpha value is -3.60. The van der Waals surface area contributed by atoms with Crippen LogP contribution in [0.5, 0.6) is 5.75 Å². The summed E-state index contributed by atoms with van der Waals surface area (Å²) in [7, 11) is 0. The molecule has 0 saturated heterocycles. The highest BCUT2D eigenvalue weighted by atomic mass is 16.5. The van der Waals surface area contributed by atoms with Gasteiger partial charge in [0.15, 0.2) is 6.10 Å². The summed E-state index contributed by atoms with van der Waals surface area (Å²) in [6, 6.07) is 24.7. The Morgan fingerprint density at radius 3 is 2.19 bits per heavy atom. The van der Waals surface area contributed by atoms with Crippen molar-refractivity contribution in [3.63, 3.8) is 0 Å². The first-order valence-electron chi connectivity index (χ1n) is 10.5. The second-order valence-electron chi connectivity index (χ2n) is 7.36. The third kappa shape index (κ3) is 7.00. The summed E-state index contributed by atoms with van der Waals surface area (Å²) in [6.45, 7) is 3.80. The molecule has 2 amide bonds. The number of nitrogens with one attached hydrogen (secondary N) is 2. The minimum atomic E-state index is -0.656. The molecule has 1 atom stereocenters. The van der Waals surface area contributed by atoms with Gasteiger partial charge in [0, 0.05) is 17.8 Å². The van der Waals surface area contributed by atoms with E-state index in [0.29, 0.717) is 30.0 Å². The first-order chi connectivity index (χ1) is 15.0. The predicted molar refractivity (Wildman–Crippen MR) is 124 cm³/mol. The third-order valence-electron chi connectivity index (χ3n) is 4.91. The van der Waals surface area contributed by atoms with Crippen LogP contribution < -0.4 is 15.4 Å². The zero-order valence-corrected chi connectivity index (χ0v) is 17.9. The van der Waals surface area contributed by atoms with Gasteiger partial charge < -0.3 is 15.4 Å². The van der Waals surface area contributed by atoms with E-state index in [-0.39, 0.29) is 11.8 Å². The Labute approximate surface area is 183 Å². The molecule has 3 aromatic rings. The molecule has 2 N–H and O–H groups in total. The lowest BCUT2D eigenvalue weighted by atomic mass is 10.1. The van der Waals surface area contributed by atoms with Crippen molar-refractivity contribution < 1.29 is 14.3 Å². The first-order valence-corrected chi connectivity index (χ1v) is 10.5. The molecule has 0 saturated carbocycles. The fourth-order valence-corrected chi connectivity index (χ4v) is 3.11. The van der Waals surface area contributed by atoms with Crippen LogP contribution in [0.1, 0.15) is 31.4 Å². The molecule has 3 aromatic carbocycles. The van der Waals surface area contributed by atoms with E-state index in [9.17, 15) is 9.59 Å². The van der Waals surface area contributed by atoms with Gasteiger partial charge in [-0.3, -0.25) is 9.59 Å². The van der Waals surface area contributed by atoms with Gasteiger partial charge in [-0.05, 0) is 61.2 Å². The van der Waals surface area contributed by atoms with Crippen molar-refractivity contribution in [1.82, 2.24) is 0 Å². The van der Waals surface area contributed by atoms with Gasteiger partial charge in [0.25, 0.3) is 5.91 Å². The number of aryl methyl sites for hydroxylation is 2. The topological polar surface area (TPSA) is 67.4 Å². The highest BCUT2D eigenvalue weighted by Crippen LogP contribution is 2.18. The van der Waals surface area contributed by atoms with Crippen molar-refractivity contribution in [1.29, 1.82) is 0 Å². The van der Waals surface area contributed by atoms with E-state index in [1.54, 1.807) is 31.2 Å². The number of hydrogen-bond donors (Lipinski definition) is 2. The fourth-order valence-electron chi connectivity index (χ4n) is 3.11. The third-order valence-corrected chi connectivity index (χ3v) is 4.91. The predicted octanol–water partition coefficient (Wildman–Crippen LogP) is 5.23. The van der Waals surface area contributed by atoms with E-state index in [1.165, 1.54) is 5.56 Å². The molecular formula is C26H28N2O3. The number of anilines is 2. The molecule has 31 heavy (non-hydrogen) atoms. The van der Waals surface area contributed by atoms with Gasteiger partial charge in [0.05, 0.1) is 0 Å². The van der Waals surface area contributed by atoms with E-state index in [2.05, 4.69) is 17.6 Å². The van der Waals surface area contributed by atoms with Crippen molar-refractivity contribution in [3.8, 4) is 5.75 Å². The van der Waals surface area contributed by atoms with E-state index in [1.807, 2.05) is 54.6 Å². The Bertz CT molecular complexity index is 1000. The second kappa shape index (κ2) is 11.0. The van der Waals surface area contributed by atoms with Crippen molar-refractivity contribution in [2.45, 2.75) is 39.2 Å². The molecule has 5 heteroatoms. The lowest BCUT2D eigenvalue weighted by molar-refractivity contribution is -0.122. The molecule has 0 fully saturated rings. The standard InChI is InChI=1S/C26H28N2O3/c1-3-20-12-15-24(16-13-20)31-19(2)26(30)28-23-11-7-10-22(18-23)27-25(29)17-14-21-8-5-4-6-9-21/h4-13,15-16,18-19H,3,14,17H2,1-2H3,(H,27,29)(H,28,30). The molecule has 0 aromatic heterocycles. The Kier molecular flexibility index (Phi) is 7.82. The maximum atomic E-state index is 12.5. The molecule has 0 aliphatic heterocycles. The van der Waals surface area contributed by atoms with Crippen LogP contribution in [0.15, 0.2) is 78.9 Å². The molecule has 0 radical (unpaired) electrons. The van der Waals surface area contributed by atoms with Crippen molar-refractivity contribution >= 4 is 23.2 Å². The van der Waals surface area contributed by atoms with Crippen LogP contribution in [-0.2, 0) is 22.4 Å². The van der Waals surface area contributed by atoms with Gasteiger partial charge in [0.2, 0.25) is 5.91 Å². The number of amides is 2. The average molecular weight is 417 g/mol. The molecule has 0 aliphatic rings. The van der Waals surface area contributed by atoms with Crippen LogP contribution in [0.25, 0.3) is 0 Å². The van der Waals surface area contributed by atoms with Crippen LogP contribution in [0.2, 0.25) is 0 Å². The molecule has 0 bridgehead atoms. The normalized spacial score (nSPS) is 11.4. The molecular weight excluding hydrogens is 388 g/mol. The Morgan fingerprint density at radius 2 is 1.52 bits per heavy atom. The average Bonchev–Trinajstić information content (AvgIpc) is 2.79. The van der Waals surface area contributed by atoms with Crippen LogP contribution in [-0.4, -0.2) is 17.9 Å². The van der Waals surface area contributed by atoms with E-state index < -0.39 is 6.10 Å². The van der Waals surface area contributed by atoms with Crippen LogP contribution >= 0.6 is 0 Å². The van der Waals surface area contributed by atoms with Gasteiger partial charge in [-0.2, -0.15) is 0 Å². The molecule has 0 aliphatic carbocycles. The van der Waals surface area contributed by atoms with Crippen LogP contribution in [0.3, 0.4) is 0 Å². The molecule has 160 valence electrons. The summed E-state index contributed by atoms with van der Waals surface area (Å²) in [5, 5.41) is 5.72. The van der Waals surface area contributed by atoms with Crippen LogP contribution in [0, 0.1) is 0 Å². The summed E-state index contributed by atoms with van der Waals surface area (Å²) in [5.41, 5.74) is 3.58. The van der Waals surface area contributed by atoms with Gasteiger partial charge in [0.1, 0.15) is 5.75 Å². The minimum Gasteiger partial charge on any atom is -0.481 e. The smallest absolute Gasteiger partial charge is 0.265 e. The summed E-state index contributed by atoms with van der Waals surface area (Å²) in [6.07, 6.45) is 1.37. The SMILES string of the molecule is CCc1ccc(OC(C)C(=O)Nc2cccc(NC(=O)CCc3ccccc3)c2)cc1. The monoisotopic (exact) mass is 416 g/mol. The van der Waals surface area contributed by atoms with Crippen molar-refractivity contribution in [3.05, 3.63) is 90.0 Å². The number of rotatable bonds is 9. The van der Waals surface area contributed by atoms with Gasteiger partial charge in [-0.1, -0.05) is 55.5 Å². The second-order valence-corrected chi connectivity index (χ2v) is 7.36. The Morgan fingerprint density at radius 1 is 0.839 bits per heavy atom. The molecule has 0 spiro atoms. The largest absolute Gasteiger partial charge is 0.481 e. The number of benzene rings is 3. The molecule has 1 unspecified atom stereocenters. The maximum Gasteiger partial charge on any atom is 0.265 e. The van der Waals surface area contributed by atoms with Crippen molar-refractivity contribution in [2.24, 2.45) is 0 Å². The first kappa shape index (κ1) is 22.1. The molecule has 5 nitrogen and oxygen atoms in total. The summed E-state index contributed by atoms with van der Waals surface area (Å²) in [4.78, 5) is 24.8. The number of ether oxygens (including phenoxy) is 1. The minimum absolute atomic E-state index is 0.0699. The molecule has 3 rings (SSSR count). The molecule has 0 heterocycles. The summed E-state index contributed by atoms with van der Waals surface area (Å²) < 4.78 is 5.73. The highest BCUT2D eigenvalue weighted by molar-refractivity contribution is 5.96. The number of hydrogen-bond acceptors (Lipinski definition) is 3. The van der Waals surface area contributed by atoms with Gasteiger partial charge >= 0.3 is 0 Å². The van der Waals surface area contributed by atoms with E-state index >= 15 is 0 Å². The van der Waals surface area contributed by atoms with Crippen molar-refractivity contribution in [2.75, 3.05) is 10.6 Å². The number of carbonyl (C=O) groups is 2. The zero-order valence-electron chi connectivity index (χ0n) is 17.9. The van der Waals surface area contributed by atoms with E-state index in [0.717, 1.165) is 12.0 Å². The maximum absolute atomic E-state index is 12.5. The van der Waals surface area contributed by atoms with Crippen LogP contribution in [0.4, 0.5) is 11.4 Å².